The lowest BCUT2D eigenvalue weighted by molar-refractivity contribution is 0.388. The zero-order valence-corrected chi connectivity index (χ0v) is 8.96. The Hall–Kier alpha value is -1.75. The van der Waals surface area contributed by atoms with E-state index in [0.29, 0.717) is 23.7 Å². The van der Waals surface area contributed by atoms with Gasteiger partial charge in [0.25, 0.3) is 0 Å². The van der Waals surface area contributed by atoms with Gasteiger partial charge in [-0.3, -0.25) is 0 Å². The van der Waals surface area contributed by atoms with Crippen molar-refractivity contribution in [2.45, 2.75) is 6.54 Å². The Labute approximate surface area is 96.2 Å². The molecule has 6 heteroatoms. The van der Waals surface area contributed by atoms with Gasteiger partial charge < -0.3 is 15.6 Å². The van der Waals surface area contributed by atoms with Crippen molar-refractivity contribution in [3.05, 3.63) is 41.0 Å². The maximum atomic E-state index is 13.0. The number of aromatic nitrogens is 1. The van der Waals surface area contributed by atoms with E-state index in [1.54, 1.807) is 6.07 Å². The minimum atomic E-state index is -0.538. The Morgan fingerprint density at radius 3 is 3.00 bits per heavy atom. The molecule has 0 unspecified atom stereocenters. The maximum Gasteiger partial charge on any atom is 0.155 e. The number of nitrogens with two attached hydrogens (primary N) is 1. The van der Waals surface area contributed by atoms with Gasteiger partial charge in [0.1, 0.15) is 5.82 Å². The first-order chi connectivity index (χ1) is 7.66. The van der Waals surface area contributed by atoms with E-state index in [1.807, 2.05) is 0 Å². The smallest absolute Gasteiger partial charge is 0.155 e. The van der Waals surface area contributed by atoms with Gasteiger partial charge in [-0.15, -0.1) is 0 Å². The third-order valence-electron chi connectivity index (χ3n) is 2.04. The number of nitrogens with one attached hydrogen (secondary N) is 1. The molecular formula is C10H9ClFN3O. The SMILES string of the molecule is Nc1cc(F)c(Cl)cc1NCc1ccno1. The van der Waals surface area contributed by atoms with E-state index in [0.717, 1.165) is 0 Å². The lowest BCUT2D eigenvalue weighted by Crippen LogP contribution is -2.02. The average Bonchev–Trinajstić information content (AvgIpc) is 2.74. The second kappa shape index (κ2) is 4.40. The molecule has 0 aliphatic heterocycles. The van der Waals surface area contributed by atoms with E-state index < -0.39 is 5.82 Å². The molecule has 0 spiro atoms. The molecule has 84 valence electrons. The van der Waals surface area contributed by atoms with Crippen LogP contribution in [0.2, 0.25) is 5.02 Å². The molecule has 0 aliphatic carbocycles. The van der Waals surface area contributed by atoms with Crippen molar-refractivity contribution in [3.8, 4) is 0 Å². The molecule has 1 aromatic heterocycles. The van der Waals surface area contributed by atoms with E-state index in [4.69, 9.17) is 21.9 Å². The molecule has 0 saturated carbocycles. The lowest BCUT2D eigenvalue weighted by Gasteiger charge is -2.08. The van der Waals surface area contributed by atoms with Gasteiger partial charge in [-0.2, -0.15) is 0 Å². The average molecular weight is 242 g/mol. The molecule has 0 atom stereocenters. The zero-order chi connectivity index (χ0) is 11.5. The monoisotopic (exact) mass is 241 g/mol. The summed E-state index contributed by atoms with van der Waals surface area (Å²) in [6, 6.07) is 4.32. The Balaban J connectivity index is 2.12. The van der Waals surface area contributed by atoms with Crippen LogP contribution in [0.1, 0.15) is 5.76 Å². The number of hydrogen-bond acceptors (Lipinski definition) is 4. The highest BCUT2D eigenvalue weighted by atomic mass is 35.5. The quantitative estimate of drug-likeness (QED) is 0.811. The molecule has 1 heterocycles. The molecule has 16 heavy (non-hydrogen) atoms. The number of halogens is 2. The third kappa shape index (κ3) is 2.25. The fourth-order valence-corrected chi connectivity index (χ4v) is 1.39. The molecule has 2 rings (SSSR count). The maximum absolute atomic E-state index is 13.0. The van der Waals surface area contributed by atoms with Crippen molar-refractivity contribution in [3.63, 3.8) is 0 Å². The summed E-state index contributed by atoms with van der Waals surface area (Å²) in [6.45, 7) is 0.409. The summed E-state index contributed by atoms with van der Waals surface area (Å²) in [5.41, 5.74) is 6.47. The van der Waals surface area contributed by atoms with Gasteiger partial charge in [0.15, 0.2) is 5.76 Å². The Morgan fingerprint density at radius 1 is 1.50 bits per heavy atom. The third-order valence-corrected chi connectivity index (χ3v) is 2.33. The molecule has 4 nitrogen and oxygen atoms in total. The van der Waals surface area contributed by atoms with Crippen molar-refractivity contribution in [1.29, 1.82) is 0 Å². The molecule has 0 radical (unpaired) electrons. The zero-order valence-electron chi connectivity index (χ0n) is 8.21. The van der Waals surface area contributed by atoms with Gasteiger partial charge in [-0.05, 0) is 6.07 Å². The summed E-state index contributed by atoms with van der Waals surface area (Å²) >= 11 is 5.64. The fourth-order valence-electron chi connectivity index (χ4n) is 1.23. The molecule has 2 aromatic rings. The minimum absolute atomic E-state index is 0.0225. The van der Waals surface area contributed by atoms with Crippen LogP contribution in [-0.4, -0.2) is 5.16 Å². The van der Waals surface area contributed by atoms with Crippen LogP contribution in [0.4, 0.5) is 15.8 Å². The van der Waals surface area contributed by atoms with E-state index in [-0.39, 0.29) is 5.02 Å². The first-order valence-electron chi connectivity index (χ1n) is 4.55. The van der Waals surface area contributed by atoms with Crippen LogP contribution in [0.15, 0.2) is 28.9 Å². The second-order valence-corrected chi connectivity index (χ2v) is 3.59. The van der Waals surface area contributed by atoms with Crippen LogP contribution in [0.3, 0.4) is 0 Å². The highest BCUT2D eigenvalue weighted by molar-refractivity contribution is 6.31. The molecule has 0 aliphatic rings. The highest BCUT2D eigenvalue weighted by Crippen LogP contribution is 2.26. The number of hydrogen-bond donors (Lipinski definition) is 2. The van der Waals surface area contributed by atoms with Crippen LogP contribution < -0.4 is 11.1 Å². The fraction of sp³-hybridized carbons (Fsp3) is 0.100. The summed E-state index contributed by atoms with van der Waals surface area (Å²) in [6.07, 6.45) is 1.54. The van der Waals surface area contributed by atoms with E-state index in [1.165, 1.54) is 18.3 Å². The van der Waals surface area contributed by atoms with Crippen LogP contribution in [0, 0.1) is 5.82 Å². The van der Waals surface area contributed by atoms with Crippen LogP contribution >= 0.6 is 11.6 Å². The summed E-state index contributed by atoms with van der Waals surface area (Å²) < 4.78 is 17.9. The predicted octanol–water partition coefficient (Wildman–Crippen LogP) is 2.66. The summed E-state index contributed by atoms with van der Waals surface area (Å²) in [5.74, 6) is 0.115. The molecular weight excluding hydrogens is 233 g/mol. The van der Waals surface area contributed by atoms with Crippen molar-refractivity contribution in [2.24, 2.45) is 0 Å². The van der Waals surface area contributed by atoms with Crippen LogP contribution in [0.25, 0.3) is 0 Å². The topological polar surface area (TPSA) is 64.1 Å². The predicted molar refractivity (Wildman–Crippen MR) is 59.7 cm³/mol. The number of nitrogens with zero attached hydrogens (tertiary/aromatic N) is 1. The first-order valence-corrected chi connectivity index (χ1v) is 4.92. The van der Waals surface area contributed by atoms with E-state index in [9.17, 15) is 4.39 Å². The number of benzene rings is 1. The lowest BCUT2D eigenvalue weighted by atomic mass is 10.2. The molecule has 0 fully saturated rings. The van der Waals surface area contributed by atoms with Crippen molar-refractivity contribution >= 4 is 23.0 Å². The highest BCUT2D eigenvalue weighted by Gasteiger charge is 2.06. The van der Waals surface area contributed by atoms with Crippen molar-refractivity contribution in [1.82, 2.24) is 5.16 Å². The largest absolute Gasteiger partial charge is 0.397 e. The van der Waals surface area contributed by atoms with Gasteiger partial charge >= 0.3 is 0 Å². The number of nitrogen functional groups attached to an aromatic ring is 1. The molecule has 1 aromatic carbocycles. The number of rotatable bonds is 3. The Bertz CT molecular complexity index is 487. The Kier molecular flexibility index (Phi) is 2.96. The molecule has 0 saturated heterocycles. The van der Waals surface area contributed by atoms with E-state index >= 15 is 0 Å². The van der Waals surface area contributed by atoms with Gasteiger partial charge in [-0.25, -0.2) is 4.39 Å². The normalized spacial score (nSPS) is 10.4. The summed E-state index contributed by atoms with van der Waals surface area (Å²) in [5, 5.41) is 6.55. The van der Waals surface area contributed by atoms with Crippen LogP contribution in [0.5, 0.6) is 0 Å². The summed E-state index contributed by atoms with van der Waals surface area (Å²) in [7, 11) is 0. The van der Waals surface area contributed by atoms with E-state index in [2.05, 4.69) is 10.5 Å². The molecule has 0 amide bonds. The standard InChI is InChI=1S/C10H9ClFN3O/c11-7-3-10(9(13)4-8(7)12)14-5-6-1-2-15-16-6/h1-4,14H,5,13H2. The minimum Gasteiger partial charge on any atom is -0.397 e. The Morgan fingerprint density at radius 2 is 2.31 bits per heavy atom. The molecule has 3 N–H and O–H groups in total. The van der Waals surface area contributed by atoms with Crippen molar-refractivity contribution in [2.75, 3.05) is 11.1 Å². The second-order valence-electron chi connectivity index (χ2n) is 3.19. The van der Waals surface area contributed by atoms with Crippen LogP contribution in [-0.2, 0) is 6.54 Å². The summed E-state index contributed by atoms with van der Waals surface area (Å²) in [4.78, 5) is 0. The van der Waals surface area contributed by atoms with Gasteiger partial charge in [0.2, 0.25) is 0 Å². The first kappa shape index (κ1) is 10.8. The van der Waals surface area contributed by atoms with Gasteiger partial charge in [0.05, 0.1) is 29.1 Å². The van der Waals surface area contributed by atoms with Gasteiger partial charge in [0, 0.05) is 12.1 Å². The molecule has 0 bridgehead atoms. The van der Waals surface area contributed by atoms with Crippen molar-refractivity contribution < 1.29 is 8.91 Å². The van der Waals surface area contributed by atoms with Gasteiger partial charge in [-0.1, -0.05) is 16.8 Å². The number of anilines is 2.